The molecule has 0 saturated carbocycles. The van der Waals surface area contributed by atoms with E-state index in [-0.39, 0.29) is 0 Å². The summed E-state index contributed by atoms with van der Waals surface area (Å²) in [5, 5.41) is 6.06. The third kappa shape index (κ3) is 3.94. The Kier molecular flexibility index (Phi) is 5.50. The predicted octanol–water partition coefficient (Wildman–Crippen LogP) is 11.1. The van der Waals surface area contributed by atoms with E-state index in [4.69, 9.17) is 9.40 Å². The molecule has 3 nitrogen and oxygen atoms in total. The van der Waals surface area contributed by atoms with Gasteiger partial charge in [0.25, 0.3) is 0 Å². The lowest BCUT2D eigenvalue weighted by Gasteiger charge is -2.11. The predicted molar refractivity (Wildman–Crippen MR) is 182 cm³/mol. The maximum Gasteiger partial charge on any atom is 0.149 e. The first-order chi connectivity index (χ1) is 21.8. The quantitative estimate of drug-likeness (QED) is 0.200. The van der Waals surface area contributed by atoms with Gasteiger partial charge in [0, 0.05) is 11.1 Å². The van der Waals surface area contributed by atoms with Crippen molar-refractivity contribution in [2.24, 2.45) is 0 Å². The summed E-state index contributed by atoms with van der Waals surface area (Å²) in [6.07, 6.45) is 1.85. The zero-order valence-corrected chi connectivity index (χ0v) is 23.8. The normalized spacial score (nSPS) is 11.6. The van der Waals surface area contributed by atoms with Crippen LogP contribution in [0.5, 0.6) is 0 Å². The lowest BCUT2D eigenvalue weighted by molar-refractivity contribution is 0.616. The number of imidazole rings is 1. The van der Waals surface area contributed by atoms with E-state index >= 15 is 0 Å². The van der Waals surface area contributed by atoms with Crippen molar-refractivity contribution in [3.05, 3.63) is 158 Å². The Morgan fingerprint density at radius 2 is 1.11 bits per heavy atom. The molecule has 0 aliphatic heterocycles. The topological polar surface area (TPSA) is 31.0 Å². The first-order valence-electron chi connectivity index (χ1n) is 14.9. The molecule has 0 N–H and O–H groups in total. The molecular weight excluding hydrogens is 536 g/mol. The smallest absolute Gasteiger partial charge is 0.149 e. The van der Waals surface area contributed by atoms with Gasteiger partial charge in [-0.05, 0) is 86.3 Å². The summed E-state index contributed by atoms with van der Waals surface area (Å²) in [5.41, 5.74) is 9.57. The second kappa shape index (κ2) is 9.82. The number of furan rings is 1. The van der Waals surface area contributed by atoms with Crippen molar-refractivity contribution in [3.8, 4) is 39.3 Å². The average Bonchev–Trinajstić information content (AvgIpc) is 3.69. The molecule has 3 heteroatoms. The highest BCUT2D eigenvalue weighted by molar-refractivity contribution is 6.09. The maximum atomic E-state index is 6.13. The largest absolute Gasteiger partial charge is 0.464 e. The Labute approximate surface area is 254 Å². The molecule has 2 heterocycles. The number of rotatable bonds is 4. The molecule has 0 bridgehead atoms. The first kappa shape index (κ1) is 24.6. The second-order valence-electron chi connectivity index (χ2n) is 11.3. The highest BCUT2D eigenvalue weighted by atomic mass is 16.3. The van der Waals surface area contributed by atoms with Crippen molar-refractivity contribution in [2.45, 2.75) is 0 Å². The van der Waals surface area contributed by atoms with Gasteiger partial charge in [-0.1, -0.05) is 109 Å². The number of benzene rings is 7. The Morgan fingerprint density at radius 3 is 1.98 bits per heavy atom. The summed E-state index contributed by atoms with van der Waals surface area (Å²) in [6, 6.07) is 53.7. The van der Waals surface area contributed by atoms with Gasteiger partial charge in [0.1, 0.15) is 17.7 Å². The van der Waals surface area contributed by atoms with Gasteiger partial charge in [0.15, 0.2) is 0 Å². The van der Waals surface area contributed by atoms with Crippen molar-refractivity contribution < 1.29 is 4.42 Å². The molecule has 7 aromatic carbocycles. The van der Waals surface area contributed by atoms with Crippen molar-refractivity contribution in [2.75, 3.05) is 0 Å². The summed E-state index contributed by atoms with van der Waals surface area (Å²) >= 11 is 0. The first-order valence-corrected chi connectivity index (χ1v) is 14.9. The number of fused-ring (bicyclic) bond motifs is 5. The fraction of sp³-hybridized carbons (Fsp3) is 0. The average molecular weight is 563 g/mol. The van der Waals surface area contributed by atoms with Gasteiger partial charge < -0.3 is 4.42 Å². The minimum Gasteiger partial charge on any atom is -0.464 e. The third-order valence-corrected chi connectivity index (χ3v) is 8.69. The fourth-order valence-electron chi connectivity index (χ4n) is 6.47. The van der Waals surface area contributed by atoms with Gasteiger partial charge in [0.2, 0.25) is 0 Å². The molecule has 206 valence electrons. The highest BCUT2D eigenvalue weighted by Gasteiger charge is 2.19. The monoisotopic (exact) mass is 562 g/mol. The molecule has 0 spiro atoms. The van der Waals surface area contributed by atoms with Crippen molar-refractivity contribution in [1.82, 2.24) is 9.55 Å². The molecule has 0 aliphatic carbocycles. The number of para-hydroxylation sites is 2. The molecule has 0 atom stereocenters. The van der Waals surface area contributed by atoms with E-state index in [2.05, 4.69) is 144 Å². The molecular formula is C41H26N2O. The molecule has 0 radical (unpaired) electrons. The Bertz CT molecular complexity index is 2480. The van der Waals surface area contributed by atoms with Crippen molar-refractivity contribution in [1.29, 1.82) is 0 Å². The van der Waals surface area contributed by atoms with Crippen LogP contribution in [0.3, 0.4) is 0 Å². The van der Waals surface area contributed by atoms with Gasteiger partial charge in [-0.25, -0.2) is 4.98 Å². The van der Waals surface area contributed by atoms with Crippen LogP contribution in [0.15, 0.2) is 162 Å². The number of hydrogen-bond acceptors (Lipinski definition) is 2. The molecule has 9 aromatic rings. The summed E-state index contributed by atoms with van der Waals surface area (Å²) in [6.45, 7) is 0. The van der Waals surface area contributed by atoms with Crippen LogP contribution in [0.4, 0.5) is 0 Å². The summed E-state index contributed by atoms with van der Waals surface area (Å²) in [4.78, 5) is 5.14. The third-order valence-electron chi connectivity index (χ3n) is 8.69. The molecule has 0 unspecified atom stereocenters. The summed E-state index contributed by atoms with van der Waals surface area (Å²) in [7, 11) is 0. The Morgan fingerprint density at radius 1 is 0.477 bits per heavy atom. The van der Waals surface area contributed by atoms with E-state index < -0.39 is 0 Å². The van der Waals surface area contributed by atoms with Crippen LogP contribution in [-0.2, 0) is 0 Å². The Balaban J connectivity index is 1.20. The van der Waals surface area contributed by atoms with E-state index in [0.29, 0.717) is 0 Å². The zero-order valence-electron chi connectivity index (χ0n) is 23.8. The molecule has 0 amide bonds. The van der Waals surface area contributed by atoms with Crippen LogP contribution >= 0.6 is 0 Å². The van der Waals surface area contributed by atoms with Gasteiger partial charge >= 0.3 is 0 Å². The van der Waals surface area contributed by atoms with Crippen molar-refractivity contribution >= 4 is 43.5 Å². The van der Waals surface area contributed by atoms with Gasteiger partial charge in [0.05, 0.1) is 16.6 Å². The molecule has 9 rings (SSSR count). The maximum absolute atomic E-state index is 6.13. The molecule has 2 aromatic heterocycles. The van der Waals surface area contributed by atoms with Gasteiger partial charge in [-0.2, -0.15) is 0 Å². The van der Waals surface area contributed by atoms with Crippen LogP contribution < -0.4 is 0 Å². The lowest BCUT2D eigenvalue weighted by atomic mass is 9.96. The second-order valence-corrected chi connectivity index (χ2v) is 11.3. The standard InChI is InChI=1S/C41H26N2O/c1-2-8-27(9-3-1)28-18-21-33(22-19-28)43-39-13-7-6-12-38(39)42-41(43)37-26-44-40-23-20-32(25-36(37)40)31-17-16-30-15-14-29-10-4-5-11-34(29)35(30)24-31/h1-26H. The van der Waals surface area contributed by atoms with Crippen LogP contribution in [0.1, 0.15) is 0 Å². The lowest BCUT2D eigenvalue weighted by Crippen LogP contribution is -1.97. The summed E-state index contributed by atoms with van der Waals surface area (Å²) in [5.74, 6) is 0.860. The van der Waals surface area contributed by atoms with E-state index in [1.54, 1.807) is 0 Å². The molecule has 44 heavy (non-hydrogen) atoms. The van der Waals surface area contributed by atoms with Crippen LogP contribution in [0.25, 0.3) is 82.9 Å². The molecule has 0 saturated heterocycles. The number of nitrogens with zero attached hydrogens (tertiary/aromatic N) is 2. The van der Waals surface area contributed by atoms with E-state index in [1.807, 2.05) is 18.4 Å². The summed E-state index contributed by atoms with van der Waals surface area (Å²) < 4.78 is 8.37. The van der Waals surface area contributed by atoms with E-state index in [9.17, 15) is 0 Å². The van der Waals surface area contributed by atoms with Crippen LogP contribution in [0, 0.1) is 0 Å². The van der Waals surface area contributed by atoms with E-state index in [1.165, 1.54) is 38.2 Å². The van der Waals surface area contributed by atoms with Crippen LogP contribution in [0.2, 0.25) is 0 Å². The van der Waals surface area contributed by atoms with Gasteiger partial charge in [-0.15, -0.1) is 0 Å². The molecule has 0 aliphatic rings. The number of hydrogen-bond donors (Lipinski definition) is 0. The minimum absolute atomic E-state index is 0.841. The highest BCUT2D eigenvalue weighted by Crippen LogP contribution is 2.38. The SMILES string of the molecule is c1ccc(-c2ccc(-n3c(-c4coc5ccc(-c6ccc7ccc8ccccc8c7c6)cc45)nc4ccccc43)cc2)cc1. The van der Waals surface area contributed by atoms with Gasteiger partial charge in [-0.3, -0.25) is 4.57 Å². The van der Waals surface area contributed by atoms with Crippen LogP contribution in [-0.4, -0.2) is 9.55 Å². The number of aromatic nitrogens is 2. The van der Waals surface area contributed by atoms with E-state index in [0.717, 1.165) is 44.6 Å². The Hall–Kier alpha value is -5.93. The zero-order chi connectivity index (χ0) is 29.0. The molecule has 0 fully saturated rings. The fourth-order valence-corrected chi connectivity index (χ4v) is 6.47. The minimum atomic E-state index is 0.841. The van der Waals surface area contributed by atoms with Crippen molar-refractivity contribution in [3.63, 3.8) is 0 Å².